The Bertz CT molecular complexity index is 1120. The maximum absolute atomic E-state index is 5.94. The third kappa shape index (κ3) is 3.92. The van der Waals surface area contributed by atoms with Crippen molar-refractivity contribution < 1.29 is 9.15 Å². The molecule has 3 heterocycles. The van der Waals surface area contributed by atoms with E-state index in [1.54, 1.807) is 12.3 Å². The Kier molecular flexibility index (Phi) is 4.94. The van der Waals surface area contributed by atoms with Crippen LogP contribution < -0.4 is 15.0 Å². The molecule has 1 aliphatic heterocycles. The molecule has 5 rings (SSSR count). The van der Waals surface area contributed by atoms with Crippen molar-refractivity contribution in [2.24, 2.45) is 0 Å². The van der Waals surface area contributed by atoms with Gasteiger partial charge in [0.25, 0.3) is 5.88 Å². The second-order valence-corrected chi connectivity index (χ2v) is 7.36. The number of para-hydroxylation sites is 1. The van der Waals surface area contributed by atoms with Crippen molar-refractivity contribution in [3.63, 3.8) is 0 Å². The quantitative estimate of drug-likeness (QED) is 0.528. The van der Waals surface area contributed by atoms with E-state index in [9.17, 15) is 0 Å². The van der Waals surface area contributed by atoms with E-state index in [0.717, 1.165) is 31.9 Å². The zero-order valence-corrected chi connectivity index (χ0v) is 16.8. The van der Waals surface area contributed by atoms with Crippen molar-refractivity contribution in [3.8, 4) is 11.6 Å². The standard InChI is InChI=1S/C23H23N5O2/c1-27-12-14-28(15-13-27)18-9-7-17(8-10-18)24-23-25-20-11-16-29-21(20)22(26-23)30-19-5-3-2-4-6-19/h2-11,16H,12-15H2,1H3,(H,24,25,26). The fourth-order valence-electron chi connectivity index (χ4n) is 3.51. The molecule has 2 aromatic heterocycles. The first-order valence-electron chi connectivity index (χ1n) is 10.0. The molecule has 0 aliphatic carbocycles. The Labute approximate surface area is 174 Å². The van der Waals surface area contributed by atoms with Crippen LogP contribution in [0.25, 0.3) is 11.1 Å². The summed E-state index contributed by atoms with van der Waals surface area (Å²) in [6.45, 7) is 4.26. The smallest absolute Gasteiger partial charge is 0.268 e. The molecular weight excluding hydrogens is 378 g/mol. The number of nitrogens with zero attached hydrogens (tertiary/aromatic N) is 4. The van der Waals surface area contributed by atoms with E-state index in [-0.39, 0.29) is 0 Å². The summed E-state index contributed by atoms with van der Waals surface area (Å²) in [4.78, 5) is 13.8. The molecule has 1 saturated heterocycles. The lowest BCUT2D eigenvalue weighted by atomic mass is 10.2. The van der Waals surface area contributed by atoms with Gasteiger partial charge in [0.1, 0.15) is 11.3 Å². The average molecular weight is 401 g/mol. The second-order valence-electron chi connectivity index (χ2n) is 7.36. The lowest BCUT2D eigenvalue weighted by Crippen LogP contribution is -2.44. The van der Waals surface area contributed by atoms with Crippen LogP contribution >= 0.6 is 0 Å². The molecule has 0 amide bonds. The van der Waals surface area contributed by atoms with Gasteiger partial charge in [-0.05, 0) is 43.4 Å². The van der Waals surface area contributed by atoms with Gasteiger partial charge in [-0.2, -0.15) is 4.98 Å². The van der Waals surface area contributed by atoms with E-state index >= 15 is 0 Å². The Balaban J connectivity index is 1.36. The van der Waals surface area contributed by atoms with Gasteiger partial charge in [0.15, 0.2) is 0 Å². The van der Waals surface area contributed by atoms with Gasteiger partial charge in [0.2, 0.25) is 11.5 Å². The van der Waals surface area contributed by atoms with Crippen LogP contribution in [0.2, 0.25) is 0 Å². The molecule has 4 aromatic rings. The Hall–Kier alpha value is -3.58. The Morgan fingerprint density at radius 3 is 2.43 bits per heavy atom. The number of anilines is 3. The number of rotatable bonds is 5. The van der Waals surface area contributed by atoms with Gasteiger partial charge in [-0.25, -0.2) is 4.98 Å². The lowest BCUT2D eigenvalue weighted by Gasteiger charge is -2.34. The molecular formula is C23H23N5O2. The number of furan rings is 1. The minimum Gasteiger partial charge on any atom is -0.457 e. The summed E-state index contributed by atoms with van der Waals surface area (Å²) in [6, 6.07) is 19.7. The van der Waals surface area contributed by atoms with E-state index < -0.39 is 0 Å². The summed E-state index contributed by atoms with van der Waals surface area (Å²) in [5.74, 6) is 1.53. The summed E-state index contributed by atoms with van der Waals surface area (Å²) in [5, 5.41) is 3.28. The summed E-state index contributed by atoms with van der Waals surface area (Å²) < 4.78 is 11.5. The lowest BCUT2D eigenvalue weighted by molar-refractivity contribution is 0.313. The predicted molar refractivity (Wildman–Crippen MR) is 118 cm³/mol. The fraction of sp³-hybridized carbons (Fsp3) is 0.217. The topological polar surface area (TPSA) is 66.7 Å². The van der Waals surface area contributed by atoms with Crippen molar-refractivity contribution >= 4 is 28.4 Å². The zero-order valence-electron chi connectivity index (χ0n) is 16.8. The number of hydrogen-bond donors (Lipinski definition) is 1. The van der Waals surface area contributed by atoms with Gasteiger partial charge in [0, 0.05) is 43.6 Å². The molecule has 1 N–H and O–H groups in total. The highest BCUT2D eigenvalue weighted by Gasteiger charge is 2.15. The average Bonchev–Trinajstić information content (AvgIpc) is 3.25. The van der Waals surface area contributed by atoms with Crippen LogP contribution in [0.1, 0.15) is 0 Å². The number of ether oxygens (including phenoxy) is 1. The van der Waals surface area contributed by atoms with Crippen LogP contribution in [0, 0.1) is 0 Å². The largest absolute Gasteiger partial charge is 0.457 e. The third-order valence-electron chi connectivity index (χ3n) is 5.22. The molecule has 0 radical (unpaired) electrons. The molecule has 0 bridgehead atoms. The Morgan fingerprint density at radius 1 is 0.900 bits per heavy atom. The summed E-state index contributed by atoms with van der Waals surface area (Å²) >= 11 is 0. The monoisotopic (exact) mass is 401 g/mol. The summed E-state index contributed by atoms with van der Waals surface area (Å²) in [7, 11) is 2.16. The first kappa shape index (κ1) is 18.4. The van der Waals surface area contributed by atoms with Crippen LogP contribution in [-0.2, 0) is 0 Å². The second kappa shape index (κ2) is 8.04. The number of hydrogen-bond acceptors (Lipinski definition) is 7. The van der Waals surface area contributed by atoms with Crippen molar-refractivity contribution in [1.29, 1.82) is 0 Å². The maximum atomic E-state index is 5.94. The van der Waals surface area contributed by atoms with Gasteiger partial charge in [-0.1, -0.05) is 18.2 Å². The molecule has 7 heteroatoms. The minimum absolute atomic E-state index is 0.382. The SMILES string of the molecule is CN1CCN(c2ccc(Nc3nc(Oc4ccccc4)c4occc4n3)cc2)CC1. The highest BCUT2D eigenvalue weighted by Crippen LogP contribution is 2.30. The van der Waals surface area contributed by atoms with Gasteiger partial charge < -0.3 is 24.3 Å². The van der Waals surface area contributed by atoms with E-state index in [2.05, 4.69) is 44.3 Å². The third-order valence-corrected chi connectivity index (χ3v) is 5.22. The van der Waals surface area contributed by atoms with Crippen molar-refractivity contribution in [1.82, 2.24) is 14.9 Å². The van der Waals surface area contributed by atoms with Gasteiger partial charge in [-0.15, -0.1) is 0 Å². The molecule has 7 nitrogen and oxygen atoms in total. The van der Waals surface area contributed by atoms with Crippen molar-refractivity contribution in [3.05, 3.63) is 66.9 Å². The van der Waals surface area contributed by atoms with Crippen LogP contribution in [0.5, 0.6) is 11.6 Å². The van der Waals surface area contributed by atoms with E-state index in [0.29, 0.717) is 28.7 Å². The highest BCUT2D eigenvalue weighted by atomic mass is 16.5. The minimum atomic E-state index is 0.382. The molecule has 0 spiro atoms. The Morgan fingerprint density at radius 2 is 1.67 bits per heavy atom. The molecule has 0 unspecified atom stereocenters. The van der Waals surface area contributed by atoms with Crippen LogP contribution in [0.3, 0.4) is 0 Å². The molecule has 152 valence electrons. The first-order chi connectivity index (χ1) is 14.7. The fourth-order valence-corrected chi connectivity index (χ4v) is 3.51. The summed E-state index contributed by atoms with van der Waals surface area (Å²) in [5.41, 5.74) is 3.36. The molecule has 0 atom stereocenters. The van der Waals surface area contributed by atoms with Gasteiger partial charge in [0.05, 0.1) is 6.26 Å². The number of fused-ring (bicyclic) bond motifs is 1. The van der Waals surface area contributed by atoms with Crippen molar-refractivity contribution in [2.75, 3.05) is 43.4 Å². The molecule has 1 fully saturated rings. The van der Waals surface area contributed by atoms with Crippen LogP contribution in [0.15, 0.2) is 71.3 Å². The number of nitrogens with one attached hydrogen (secondary N) is 1. The van der Waals surface area contributed by atoms with Gasteiger partial charge in [-0.3, -0.25) is 0 Å². The number of benzene rings is 2. The van der Waals surface area contributed by atoms with Crippen molar-refractivity contribution in [2.45, 2.75) is 0 Å². The predicted octanol–water partition coefficient (Wildman–Crippen LogP) is 4.51. The molecule has 2 aromatic carbocycles. The number of likely N-dealkylation sites (N-methyl/N-ethyl adjacent to an activating group) is 1. The zero-order chi connectivity index (χ0) is 20.3. The molecule has 1 aliphatic rings. The molecule has 30 heavy (non-hydrogen) atoms. The van der Waals surface area contributed by atoms with Crippen LogP contribution in [-0.4, -0.2) is 48.1 Å². The first-order valence-corrected chi connectivity index (χ1v) is 10.0. The van der Waals surface area contributed by atoms with E-state index in [4.69, 9.17) is 9.15 Å². The maximum Gasteiger partial charge on any atom is 0.268 e. The van der Waals surface area contributed by atoms with E-state index in [1.165, 1.54) is 5.69 Å². The number of aromatic nitrogens is 2. The summed E-state index contributed by atoms with van der Waals surface area (Å²) in [6.07, 6.45) is 1.59. The highest BCUT2D eigenvalue weighted by molar-refractivity contribution is 5.79. The normalized spacial score (nSPS) is 14.8. The van der Waals surface area contributed by atoms with Crippen LogP contribution in [0.4, 0.5) is 17.3 Å². The number of piperazine rings is 1. The molecule has 0 saturated carbocycles. The van der Waals surface area contributed by atoms with E-state index in [1.807, 2.05) is 42.5 Å². The van der Waals surface area contributed by atoms with Gasteiger partial charge >= 0.3 is 0 Å².